The van der Waals surface area contributed by atoms with Crippen LogP contribution in [0.2, 0.25) is 0 Å². The Labute approximate surface area is 124 Å². The van der Waals surface area contributed by atoms with Crippen molar-refractivity contribution in [3.8, 4) is 11.5 Å². The molecular formula is C17H18O4. The van der Waals surface area contributed by atoms with Crippen molar-refractivity contribution >= 4 is 5.78 Å². The van der Waals surface area contributed by atoms with Gasteiger partial charge >= 0.3 is 0 Å². The van der Waals surface area contributed by atoms with Crippen LogP contribution in [0.25, 0.3) is 0 Å². The molecule has 0 spiro atoms. The largest absolute Gasteiger partial charge is 0.496 e. The second-order valence-corrected chi connectivity index (χ2v) is 4.49. The summed E-state index contributed by atoms with van der Waals surface area (Å²) in [5, 5.41) is 0. The van der Waals surface area contributed by atoms with Gasteiger partial charge in [0.1, 0.15) is 11.5 Å². The summed E-state index contributed by atoms with van der Waals surface area (Å²) >= 11 is 0. The summed E-state index contributed by atoms with van der Waals surface area (Å²) < 4.78 is 15.8. The highest BCUT2D eigenvalue weighted by molar-refractivity contribution is 5.99. The number of hydrogen-bond donors (Lipinski definition) is 0. The fourth-order valence-electron chi connectivity index (χ4n) is 1.99. The molecule has 0 saturated heterocycles. The molecule has 0 radical (unpaired) electrons. The zero-order valence-electron chi connectivity index (χ0n) is 12.2. The van der Waals surface area contributed by atoms with E-state index in [4.69, 9.17) is 14.2 Å². The fourth-order valence-corrected chi connectivity index (χ4v) is 1.99. The molecular weight excluding hydrogens is 268 g/mol. The number of para-hydroxylation sites is 1. The molecule has 2 aromatic rings. The molecule has 4 heteroatoms. The van der Waals surface area contributed by atoms with Crippen LogP contribution >= 0.6 is 0 Å². The third-order valence-corrected chi connectivity index (χ3v) is 2.99. The average Bonchev–Trinajstić information content (AvgIpc) is 2.53. The van der Waals surface area contributed by atoms with Crippen molar-refractivity contribution in [2.75, 3.05) is 20.8 Å². The molecule has 0 aliphatic heterocycles. The summed E-state index contributed by atoms with van der Waals surface area (Å²) in [5.74, 6) is 1.08. The summed E-state index contributed by atoms with van der Waals surface area (Å²) in [5.41, 5.74) is 1.52. The van der Waals surface area contributed by atoms with Gasteiger partial charge in [0, 0.05) is 7.11 Å². The van der Waals surface area contributed by atoms with Gasteiger partial charge < -0.3 is 14.2 Å². The molecule has 0 heterocycles. The quantitative estimate of drug-likeness (QED) is 0.734. The van der Waals surface area contributed by atoms with Crippen molar-refractivity contribution in [2.45, 2.75) is 6.61 Å². The Morgan fingerprint density at radius 2 is 1.86 bits per heavy atom. The molecule has 0 N–H and O–H groups in total. The Bertz CT molecular complexity index is 607. The van der Waals surface area contributed by atoms with E-state index < -0.39 is 0 Å². The number of carbonyl (C=O) groups is 1. The predicted octanol–water partition coefficient (Wildman–Crippen LogP) is 3.10. The maximum absolute atomic E-state index is 12.2. The van der Waals surface area contributed by atoms with Crippen LogP contribution in [0.4, 0.5) is 0 Å². The smallest absolute Gasteiger partial charge is 0.203 e. The van der Waals surface area contributed by atoms with Crippen molar-refractivity contribution < 1.29 is 19.0 Å². The maximum Gasteiger partial charge on any atom is 0.203 e. The highest BCUT2D eigenvalue weighted by atomic mass is 16.5. The summed E-state index contributed by atoms with van der Waals surface area (Å²) in [4.78, 5) is 12.2. The lowest BCUT2D eigenvalue weighted by atomic mass is 10.1. The van der Waals surface area contributed by atoms with Crippen LogP contribution in [-0.4, -0.2) is 26.6 Å². The van der Waals surface area contributed by atoms with Gasteiger partial charge in [-0.3, -0.25) is 4.79 Å². The molecule has 0 saturated carbocycles. The van der Waals surface area contributed by atoms with Crippen molar-refractivity contribution in [1.29, 1.82) is 0 Å². The number of Topliss-reactive ketones (excluding diaryl/α,β-unsaturated/α-hetero) is 1. The van der Waals surface area contributed by atoms with E-state index in [-0.39, 0.29) is 12.4 Å². The van der Waals surface area contributed by atoms with Gasteiger partial charge in [-0.05, 0) is 29.8 Å². The molecule has 0 aromatic heterocycles. The highest BCUT2D eigenvalue weighted by Crippen LogP contribution is 2.19. The highest BCUT2D eigenvalue weighted by Gasteiger charge is 2.12. The minimum absolute atomic E-state index is 0.0309. The van der Waals surface area contributed by atoms with Gasteiger partial charge in [0.05, 0.1) is 19.3 Å². The van der Waals surface area contributed by atoms with E-state index in [1.807, 2.05) is 30.3 Å². The van der Waals surface area contributed by atoms with E-state index in [2.05, 4.69) is 0 Å². The molecule has 21 heavy (non-hydrogen) atoms. The SMILES string of the molecule is COCc1cccc(OCC(=O)c2ccccc2OC)c1. The van der Waals surface area contributed by atoms with Gasteiger partial charge in [0.25, 0.3) is 0 Å². The monoisotopic (exact) mass is 286 g/mol. The van der Waals surface area contributed by atoms with Crippen LogP contribution in [0.5, 0.6) is 11.5 Å². The van der Waals surface area contributed by atoms with Crippen molar-refractivity contribution in [2.24, 2.45) is 0 Å². The molecule has 0 unspecified atom stereocenters. The van der Waals surface area contributed by atoms with Gasteiger partial charge in [-0.25, -0.2) is 0 Å². The lowest BCUT2D eigenvalue weighted by Crippen LogP contribution is -2.12. The van der Waals surface area contributed by atoms with E-state index in [0.29, 0.717) is 23.7 Å². The molecule has 4 nitrogen and oxygen atoms in total. The number of ketones is 1. The molecule has 110 valence electrons. The minimum atomic E-state index is -0.121. The Morgan fingerprint density at radius 3 is 2.62 bits per heavy atom. The molecule has 0 bridgehead atoms. The van der Waals surface area contributed by atoms with Gasteiger partial charge in [0.15, 0.2) is 6.61 Å². The number of benzene rings is 2. The van der Waals surface area contributed by atoms with Gasteiger partial charge in [-0.1, -0.05) is 24.3 Å². The number of rotatable bonds is 7. The Kier molecular flexibility index (Phi) is 5.35. The lowest BCUT2D eigenvalue weighted by molar-refractivity contribution is 0.0918. The first-order chi connectivity index (χ1) is 10.2. The number of hydrogen-bond acceptors (Lipinski definition) is 4. The van der Waals surface area contributed by atoms with Crippen molar-refractivity contribution in [1.82, 2.24) is 0 Å². The number of carbonyl (C=O) groups excluding carboxylic acids is 1. The van der Waals surface area contributed by atoms with Crippen LogP contribution in [0.3, 0.4) is 0 Å². The average molecular weight is 286 g/mol. The third kappa shape index (κ3) is 4.07. The van der Waals surface area contributed by atoms with Gasteiger partial charge in [-0.15, -0.1) is 0 Å². The van der Waals surface area contributed by atoms with Crippen molar-refractivity contribution in [3.63, 3.8) is 0 Å². The van der Waals surface area contributed by atoms with E-state index in [0.717, 1.165) is 5.56 Å². The molecule has 2 rings (SSSR count). The molecule has 0 fully saturated rings. The summed E-state index contributed by atoms with van der Waals surface area (Å²) in [6, 6.07) is 14.6. The first-order valence-electron chi connectivity index (χ1n) is 6.61. The van der Waals surface area contributed by atoms with E-state index in [1.54, 1.807) is 32.4 Å². The Balaban J connectivity index is 2.02. The normalized spacial score (nSPS) is 10.2. The predicted molar refractivity (Wildman–Crippen MR) is 80.0 cm³/mol. The maximum atomic E-state index is 12.2. The van der Waals surface area contributed by atoms with Crippen LogP contribution in [-0.2, 0) is 11.3 Å². The summed E-state index contributed by atoms with van der Waals surface area (Å²) in [6.07, 6.45) is 0. The number of methoxy groups -OCH3 is 2. The van der Waals surface area contributed by atoms with Crippen LogP contribution in [0, 0.1) is 0 Å². The fraction of sp³-hybridized carbons (Fsp3) is 0.235. The Hall–Kier alpha value is -2.33. The van der Waals surface area contributed by atoms with Crippen LogP contribution in [0.15, 0.2) is 48.5 Å². The van der Waals surface area contributed by atoms with E-state index in [1.165, 1.54) is 0 Å². The minimum Gasteiger partial charge on any atom is -0.496 e. The third-order valence-electron chi connectivity index (χ3n) is 2.99. The van der Waals surface area contributed by atoms with Crippen LogP contribution in [0.1, 0.15) is 15.9 Å². The Morgan fingerprint density at radius 1 is 1.05 bits per heavy atom. The summed E-state index contributed by atoms with van der Waals surface area (Å²) in [7, 11) is 3.18. The van der Waals surface area contributed by atoms with E-state index >= 15 is 0 Å². The topological polar surface area (TPSA) is 44.8 Å². The molecule has 2 aromatic carbocycles. The van der Waals surface area contributed by atoms with Crippen LogP contribution < -0.4 is 9.47 Å². The zero-order chi connectivity index (χ0) is 15.1. The van der Waals surface area contributed by atoms with E-state index in [9.17, 15) is 4.79 Å². The van der Waals surface area contributed by atoms with Crippen molar-refractivity contribution in [3.05, 3.63) is 59.7 Å². The summed E-state index contributed by atoms with van der Waals surface area (Å²) in [6.45, 7) is 0.481. The molecule has 0 amide bonds. The van der Waals surface area contributed by atoms with Gasteiger partial charge in [0.2, 0.25) is 5.78 Å². The van der Waals surface area contributed by atoms with Gasteiger partial charge in [-0.2, -0.15) is 0 Å². The first kappa shape index (κ1) is 15.1. The second-order valence-electron chi connectivity index (χ2n) is 4.49. The lowest BCUT2D eigenvalue weighted by Gasteiger charge is -2.09. The standard InChI is InChI=1S/C17H18O4/c1-19-11-13-6-5-7-14(10-13)21-12-16(18)15-8-3-4-9-17(15)20-2/h3-10H,11-12H2,1-2H3. The second kappa shape index (κ2) is 7.45. The number of ether oxygens (including phenoxy) is 3. The zero-order valence-corrected chi connectivity index (χ0v) is 12.2. The molecule has 0 atom stereocenters. The molecule has 0 aliphatic rings. The molecule has 0 aliphatic carbocycles. The first-order valence-corrected chi connectivity index (χ1v) is 6.61.